The number of allylic oxidation sites excluding steroid dienone is 2. The Morgan fingerprint density at radius 2 is 1.62 bits per heavy atom. The molecule has 4 aromatic rings. The smallest absolute Gasteiger partial charge is 0.0572 e. The number of rotatable bonds is 3. The Hall–Kier alpha value is -2.80. The Morgan fingerprint density at radius 3 is 2.38 bits per heavy atom. The van der Waals surface area contributed by atoms with Crippen molar-refractivity contribution in [2.24, 2.45) is 0 Å². The third-order valence-electron chi connectivity index (χ3n) is 5.55. The number of aromatic nitrogens is 1. The lowest BCUT2D eigenvalue weighted by Crippen LogP contribution is -1.97. The number of benzene rings is 3. The molecule has 0 aliphatic carbocycles. The van der Waals surface area contributed by atoms with Gasteiger partial charge in [-0.2, -0.15) is 0 Å². The van der Waals surface area contributed by atoms with E-state index in [1.807, 2.05) is 0 Å². The van der Waals surface area contributed by atoms with Crippen molar-refractivity contribution >= 4 is 27.5 Å². The maximum absolute atomic E-state index is 2.41. The van der Waals surface area contributed by atoms with Crippen LogP contribution in [-0.4, -0.2) is 4.57 Å². The first kappa shape index (κ1) is 16.7. The Morgan fingerprint density at radius 1 is 0.885 bits per heavy atom. The van der Waals surface area contributed by atoms with Crippen molar-refractivity contribution in [1.82, 2.24) is 4.57 Å². The molecule has 1 heteroatoms. The largest absolute Gasteiger partial charge is 0.313 e. The van der Waals surface area contributed by atoms with E-state index in [1.165, 1.54) is 49.8 Å². The maximum Gasteiger partial charge on any atom is 0.0572 e. The molecule has 0 saturated heterocycles. The fourth-order valence-corrected chi connectivity index (χ4v) is 4.10. The van der Waals surface area contributed by atoms with Crippen molar-refractivity contribution in [3.63, 3.8) is 0 Å². The molecule has 3 aromatic carbocycles. The van der Waals surface area contributed by atoms with E-state index in [4.69, 9.17) is 0 Å². The summed E-state index contributed by atoms with van der Waals surface area (Å²) < 4.78 is 2.41. The molecular formula is C25H25N. The molecule has 0 bridgehead atoms. The highest BCUT2D eigenvalue weighted by Crippen LogP contribution is 2.38. The summed E-state index contributed by atoms with van der Waals surface area (Å²) in [5.74, 6) is 0. The van der Waals surface area contributed by atoms with Crippen LogP contribution in [0.25, 0.3) is 38.6 Å². The molecule has 0 spiro atoms. The van der Waals surface area contributed by atoms with Crippen LogP contribution in [0.5, 0.6) is 0 Å². The van der Waals surface area contributed by atoms with Gasteiger partial charge in [-0.15, -0.1) is 0 Å². The number of fused-ring (bicyclic) bond motifs is 3. The summed E-state index contributed by atoms with van der Waals surface area (Å²) in [4.78, 5) is 0. The fourth-order valence-electron chi connectivity index (χ4n) is 4.10. The second-order valence-electron chi connectivity index (χ2n) is 6.93. The van der Waals surface area contributed by atoms with E-state index in [-0.39, 0.29) is 0 Å². The van der Waals surface area contributed by atoms with E-state index < -0.39 is 0 Å². The normalized spacial score (nSPS) is 12.2. The minimum absolute atomic E-state index is 1.05. The summed E-state index contributed by atoms with van der Waals surface area (Å²) in [6, 6.07) is 22.1. The molecule has 4 rings (SSSR count). The molecule has 130 valence electrons. The molecule has 1 heterocycles. The molecule has 0 radical (unpaired) electrons. The molecule has 0 N–H and O–H groups in total. The Balaban J connectivity index is 2.15. The first-order valence-electron chi connectivity index (χ1n) is 9.41. The van der Waals surface area contributed by atoms with E-state index in [2.05, 4.69) is 99.0 Å². The standard InChI is InChI=1S/C25H25N/c1-5-17(3)26-24-14-10-9-13-22(24)23-16-15-20(18(4)25(23)26)21-12-8-7-11-19(21)6-2/h5,7-16H,6H2,1-4H3/b17-5+. The number of para-hydroxylation sites is 1. The van der Waals surface area contributed by atoms with Crippen LogP contribution in [0.15, 0.2) is 66.7 Å². The Kier molecular flexibility index (Phi) is 4.16. The van der Waals surface area contributed by atoms with Crippen LogP contribution in [0.4, 0.5) is 0 Å². The lowest BCUT2D eigenvalue weighted by Gasteiger charge is -2.15. The molecule has 0 saturated carbocycles. The first-order valence-corrected chi connectivity index (χ1v) is 9.41. The van der Waals surface area contributed by atoms with Crippen LogP contribution in [0.3, 0.4) is 0 Å². The SMILES string of the molecule is C/C=C(\C)n1c2ccccc2c2ccc(-c3ccccc3CC)c(C)c21. The molecule has 1 aromatic heterocycles. The van der Waals surface area contributed by atoms with Gasteiger partial charge in [0.15, 0.2) is 0 Å². The van der Waals surface area contributed by atoms with Gasteiger partial charge in [0.2, 0.25) is 0 Å². The van der Waals surface area contributed by atoms with Crippen LogP contribution in [0.1, 0.15) is 31.9 Å². The van der Waals surface area contributed by atoms with Gasteiger partial charge in [0.25, 0.3) is 0 Å². The van der Waals surface area contributed by atoms with Crippen molar-refractivity contribution in [2.45, 2.75) is 34.1 Å². The Labute approximate surface area is 155 Å². The number of hydrogen-bond acceptors (Lipinski definition) is 0. The van der Waals surface area contributed by atoms with Gasteiger partial charge in [-0.25, -0.2) is 0 Å². The van der Waals surface area contributed by atoms with Crippen molar-refractivity contribution in [1.29, 1.82) is 0 Å². The van der Waals surface area contributed by atoms with Gasteiger partial charge in [-0.05, 0) is 55.5 Å². The van der Waals surface area contributed by atoms with Crippen LogP contribution in [0.2, 0.25) is 0 Å². The van der Waals surface area contributed by atoms with Gasteiger partial charge in [-0.1, -0.05) is 67.6 Å². The van der Waals surface area contributed by atoms with Crippen molar-refractivity contribution in [3.8, 4) is 11.1 Å². The fraction of sp³-hybridized carbons (Fsp3) is 0.200. The van der Waals surface area contributed by atoms with Crippen LogP contribution in [-0.2, 0) is 6.42 Å². The third-order valence-corrected chi connectivity index (χ3v) is 5.55. The molecule has 0 atom stereocenters. The average molecular weight is 339 g/mol. The molecule has 0 amide bonds. The summed E-state index contributed by atoms with van der Waals surface area (Å²) in [5.41, 5.74) is 9.31. The van der Waals surface area contributed by atoms with Gasteiger partial charge < -0.3 is 4.57 Å². The minimum atomic E-state index is 1.05. The zero-order chi connectivity index (χ0) is 18.3. The zero-order valence-electron chi connectivity index (χ0n) is 16.0. The summed E-state index contributed by atoms with van der Waals surface area (Å²) in [5, 5.41) is 2.65. The molecular weight excluding hydrogens is 314 g/mol. The van der Waals surface area contributed by atoms with E-state index >= 15 is 0 Å². The number of nitrogens with zero attached hydrogens (tertiary/aromatic N) is 1. The molecule has 0 fully saturated rings. The predicted octanol–water partition coefficient (Wildman–Crippen LogP) is 7.21. The summed E-state index contributed by atoms with van der Waals surface area (Å²) in [6.07, 6.45) is 3.24. The van der Waals surface area contributed by atoms with Gasteiger partial charge in [0.1, 0.15) is 0 Å². The molecule has 0 aliphatic rings. The first-order chi connectivity index (χ1) is 12.7. The van der Waals surface area contributed by atoms with Gasteiger partial charge in [-0.3, -0.25) is 0 Å². The topological polar surface area (TPSA) is 4.93 Å². The van der Waals surface area contributed by atoms with Crippen molar-refractivity contribution < 1.29 is 0 Å². The second kappa shape index (κ2) is 6.49. The van der Waals surface area contributed by atoms with Crippen molar-refractivity contribution in [2.75, 3.05) is 0 Å². The lowest BCUT2D eigenvalue weighted by molar-refractivity contribution is 1.14. The molecule has 1 nitrogen and oxygen atoms in total. The van der Waals surface area contributed by atoms with Crippen LogP contribution < -0.4 is 0 Å². The van der Waals surface area contributed by atoms with Crippen molar-refractivity contribution in [3.05, 3.63) is 77.9 Å². The Bertz CT molecular complexity index is 1140. The van der Waals surface area contributed by atoms with Crippen LogP contribution >= 0.6 is 0 Å². The quantitative estimate of drug-likeness (QED) is 0.371. The predicted molar refractivity (Wildman–Crippen MR) is 115 cm³/mol. The summed E-state index contributed by atoms with van der Waals surface area (Å²) >= 11 is 0. The minimum Gasteiger partial charge on any atom is -0.313 e. The zero-order valence-corrected chi connectivity index (χ0v) is 16.0. The van der Waals surface area contributed by atoms with Crippen LogP contribution in [0, 0.1) is 6.92 Å². The monoisotopic (exact) mass is 339 g/mol. The summed E-state index contributed by atoms with van der Waals surface area (Å²) in [7, 11) is 0. The molecule has 0 unspecified atom stereocenters. The maximum atomic E-state index is 2.41. The van der Waals surface area contributed by atoms with E-state index in [9.17, 15) is 0 Å². The number of aryl methyl sites for hydroxylation is 2. The van der Waals surface area contributed by atoms with Gasteiger partial charge in [0, 0.05) is 16.5 Å². The van der Waals surface area contributed by atoms with E-state index in [1.54, 1.807) is 0 Å². The highest BCUT2D eigenvalue weighted by molar-refractivity contribution is 6.12. The van der Waals surface area contributed by atoms with E-state index in [0.717, 1.165) is 6.42 Å². The lowest BCUT2D eigenvalue weighted by atomic mass is 9.93. The number of hydrogen-bond donors (Lipinski definition) is 0. The highest BCUT2D eigenvalue weighted by atomic mass is 15.0. The average Bonchev–Trinajstić information content (AvgIpc) is 3.03. The van der Waals surface area contributed by atoms with Gasteiger partial charge >= 0.3 is 0 Å². The van der Waals surface area contributed by atoms with E-state index in [0.29, 0.717) is 0 Å². The second-order valence-corrected chi connectivity index (χ2v) is 6.93. The summed E-state index contributed by atoms with van der Waals surface area (Å²) in [6.45, 7) is 8.80. The molecule has 26 heavy (non-hydrogen) atoms. The third kappa shape index (κ3) is 2.39. The molecule has 0 aliphatic heterocycles. The van der Waals surface area contributed by atoms with Gasteiger partial charge in [0.05, 0.1) is 11.0 Å². The highest BCUT2D eigenvalue weighted by Gasteiger charge is 2.16.